The molecule has 2 N–H and O–H groups in total. The van der Waals surface area contributed by atoms with Gasteiger partial charge in [-0.2, -0.15) is 0 Å². The first kappa shape index (κ1) is 15.8. The second kappa shape index (κ2) is 7.45. The van der Waals surface area contributed by atoms with E-state index in [-0.39, 0.29) is 11.8 Å². The number of amides is 2. The molecule has 4 nitrogen and oxygen atoms in total. The van der Waals surface area contributed by atoms with Crippen LogP contribution in [-0.2, 0) is 6.42 Å². The number of carbonyl (C=O) groups is 1. The molecule has 2 amide bonds. The number of nitrogens with one attached hydrogen (secondary N) is 2. The Morgan fingerprint density at radius 3 is 2.55 bits per heavy atom. The van der Waals surface area contributed by atoms with Crippen LogP contribution in [0.4, 0.5) is 20.6 Å². The summed E-state index contributed by atoms with van der Waals surface area (Å²) < 4.78 is 12.8. The van der Waals surface area contributed by atoms with Gasteiger partial charge in [0.15, 0.2) is 0 Å². The molecular formula is C17H20FN3O. The minimum atomic E-state index is -0.254. The van der Waals surface area contributed by atoms with E-state index < -0.39 is 0 Å². The standard InChI is InChI=1S/C17H20FN3O/c1-21(2)16-5-3-4-15(12-16)20-17(22)19-11-10-13-6-8-14(18)9-7-13/h3-9,12H,10-11H2,1-2H3,(H2,19,20,22). The van der Waals surface area contributed by atoms with E-state index in [1.54, 1.807) is 12.1 Å². The van der Waals surface area contributed by atoms with Crippen molar-refractivity contribution in [1.29, 1.82) is 0 Å². The first-order valence-corrected chi connectivity index (χ1v) is 7.11. The Hall–Kier alpha value is -2.56. The average Bonchev–Trinajstić information content (AvgIpc) is 2.49. The van der Waals surface area contributed by atoms with Crippen molar-refractivity contribution in [3.63, 3.8) is 0 Å². The number of urea groups is 1. The van der Waals surface area contributed by atoms with Crippen LogP contribution in [0.1, 0.15) is 5.56 Å². The van der Waals surface area contributed by atoms with Gasteiger partial charge in [-0.1, -0.05) is 18.2 Å². The fourth-order valence-electron chi connectivity index (χ4n) is 2.01. The highest BCUT2D eigenvalue weighted by molar-refractivity contribution is 5.89. The van der Waals surface area contributed by atoms with E-state index in [1.165, 1.54) is 12.1 Å². The fourth-order valence-corrected chi connectivity index (χ4v) is 2.01. The van der Waals surface area contributed by atoms with Gasteiger partial charge < -0.3 is 15.5 Å². The van der Waals surface area contributed by atoms with Gasteiger partial charge in [-0.25, -0.2) is 9.18 Å². The highest BCUT2D eigenvalue weighted by atomic mass is 19.1. The molecule has 2 rings (SSSR count). The molecule has 0 aliphatic rings. The Balaban J connectivity index is 1.80. The van der Waals surface area contributed by atoms with E-state index in [4.69, 9.17) is 0 Å². The quantitative estimate of drug-likeness (QED) is 0.890. The SMILES string of the molecule is CN(C)c1cccc(NC(=O)NCCc2ccc(F)cc2)c1. The molecule has 0 spiro atoms. The lowest BCUT2D eigenvalue weighted by Gasteiger charge is -2.14. The van der Waals surface area contributed by atoms with Gasteiger partial charge in [0.25, 0.3) is 0 Å². The molecule has 0 saturated heterocycles. The fraction of sp³-hybridized carbons (Fsp3) is 0.235. The molecule has 0 unspecified atom stereocenters. The Morgan fingerprint density at radius 1 is 1.14 bits per heavy atom. The predicted molar refractivity (Wildman–Crippen MR) is 87.9 cm³/mol. The molecule has 116 valence electrons. The number of carbonyl (C=O) groups excluding carboxylic acids is 1. The van der Waals surface area contributed by atoms with Crippen molar-refractivity contribution in [1.82, 2.24) is 5.32 Å². The molecule has 0 bridgehead atoms. The van der Waals surface area contributed by atoms with Crippen LogP contribution in [0.2, 0.25) is 0 Å². The van der Waals surface area contributed by atoms with Crippen LogP contribution >= 0.6 is 0 Å². The lowest BCUT2D eigenvalue weighted by molar-refractivity contribution is 0.252. The molecule has 0 aliphatic heterocycles. The zero-order chi connectivity index (χ0) is 15.9. The number of hydrogen-bond acceptors (Lipinski definition) is 2. The van der Waals surface area contributed by atoms with Crippen LogP contribution in [0.15, 0.2) is 48.5 Å². The van der Waals surface area contributed by atoms with E-state index >= 15 is 0 Å². The van der Waals surface area contributed by atoms with Crippen molar-refractivity contribution in [3.8, 4) is 0 Å². The summed E-state index contributed by atoms with van der Waals surface area (Å²) in [6.45, 7) is 0.491. The summed E-state index contributed by atoms with van der Waals surface area (Å²) in [5.74, 6) is -0.254. The number of nitrogens with zero attached hydrogens (tertiary/aromatic N) is 1. The smallest absolute Gasteiger partial charge is 0.319 e. The molecule has 0 heterocycles. The molecule has 2 aromatic carbocycles. The largest absolute Gasteiger partial charge is 0.378 e. The minimum absolute atomic E-state index is 0.252. The lowest BCUT2D eigenvalue weighted by Crippen LogP contribution is -2.30. The Morgan fingerprint density at radius 2 is 1.86 bits per heavy atom. The van der Waals surface area contributed by atoms with E-state index in [0.29, 0.717) is 13.0 Å². The molecule has 0 radical (unpaired) electrons. The number of hydrogen-bond donors (Lipinski definition) is 2. The van der Waals surface area contributed by atoms with Gasteiger partial charge in [0.2, 0.25) is 0 Å². The molecule has 0 aliphatic carbocycles. The predicted octanol–water partition coefficient (Wildman–Crippen LogP) is 3.26. The van der Waals surface area contributed by atoms with Crippen molar-refractivity contribution in [3.05, 3.63) is 59.9 Å². The Bertz CT molecular complexity index is 626. The highest BCUT2D eigenvalue weighted by Gasteiger charge is 2.03. The van der Waals surface area contributed by atoms with Gasteiger partial charge in [0.05, 0.1) is 0 Å². The number of halogens is 1. The summed E-state index contributed by atoms with van der Waals surface area (Å²) in [5, 5.41) is 5.58. The van der Waals surface area contributed by atoms with Gasteiger partial charge in [-0.15, -0.1) is 0 Å². The third-order valence-electron chi connectivity index (χ3n) is 3.23. The zero-order valence-corrected chi connectivity index (χ0v) is 12.8. The third-order valence-corrected chi connectivity index (χ3v) is 3.23. The maximum absolute atomic E-state index is 12.8. The molecule has 0 atom stereocenters. The number of anilines is 2. The summed E-state index contributed by atoms with van der Waals surface area (Å²) in [6.07, 6.45) is 0.658. The van der Waals surface area contributed by atoms with Gasteiger partial charge in [-0.05, 0) is 42.3 Å². The Kier molecular flexibility index (Phi) is 5.36. The molecule has 0 aromatic heterocycles. The Labute approximate surface area is 129 Å². The van der Waals surface area contributed by atoms with Gasteiger partial charge >= 0.3 is 6.03 Å². The average molecular weight is 301 g/mol. The van der Waals surface area contributed by atoms with Crippen molar-refractivity contribution in [2.24, 2.45) is 0 Å². The van der Waals surface area contributed by atoms with Crippen LogP contribution in [0.5, 0.6) is 0 Å². The van der Waals surface area contributed by atoms with Crippen LogP contribution in [0.3, 0.4) is 0 Å². The summed E-state index contributed by atoms with van der Waals surface area (Å²) in [6, 6.07) is 13.6. The molecule has 2 aromatic rings. The summed E-state index contributed by atoms with van der Waals surface area (Å²) in [4.78, 5) is 13.8. The van der Waals surface area contributed by atoms with Crippen LogP contribution in [-0.4, -0.2) is 26.7 Å². The summed E-state index contributed by atoms with van der Waals surface area (Å²) in [7, 11) is 3.89. The molecule has 5 heteroatoms. The van der Waals surface area contributed by atoms with Crippen LogP contribution in [0, 0.1) is 5.82 Å². The number of benzene rings is 2. The van der Waals surface area contributed by atoms with E-state index in [2.05, 4.69) is 10.6 Å². The van der Waals surface area contributed by atoms with Gasteiger partial charge in [0, 0.05) is 32.0 Å². The van der Waals surface area contributed by atoms with Crippen molar-refractivity contribution >= 4 is 17.4 Å². The van der Waals surface area contributed by atoms with E-state index in [0.717, 1.165) is 16.9 Å². The third kappa shape index (κ3) is 4.77. The maximum atomic E-state index is 12.8. The van der Waals surface area contributed by atoms with Crippen molar-refractivity contribution in [2.75, 3.05) is 30.9 Å². The minimum Gasteiger partial charge on any atom is -0.378 e. The van der Waals surface area contributed by atoms with E-state index in [1.807, 2.05) is 43.3 Å². The highest BCUT2D eigenvalue weighted by Crippen LogP contribution is 2.16. The van der Waals surface area contributed by atoms with Crippen LogP contribution < -0.4 is 15.5 Å². The summed E-state index contributed by atoms with van der Waals surface area (Å²) in [5.41, 5.74) is 2.74. The monoisotopic (exact) mass is 301 g/mol. The second-order valence-corrected chi connectivity index (χ2v) is 5.20. The first-order chi connectivity index (χ1) is 10.5. The number of rotatable bonds is 5. The molecular weight excluding hydrogens is 281 g/mol. The first-order valence-electron chi connectivity index (χ1n) is 7.11. The topological polar surface area (TPSA) is 44.4 Å². The normalized spacial score (nSPS) is 10.1. The lowest BCUT2D eigenvalue weighted by atomic mass is 10.1. The zero-order valence-electron chi connectivity index (χ0n) is 12.8. The molecule has 22 heavy (non-hydrogen) atoms. The van der Waals surface area contributed by atoms with Crippen molar-refractivity contribution < 1.29 is 9.18 Å². The van der Waals surface area contributed by atoms with Gasteiger partial charge in [-0.3, -0.25) is 0 Å². The maximum Gasteiger partial charge on any atom is 0.319 e. The summed E-state index contributed by atoms with van der Waals surface area (Å²) >= 11 is 0. The van der Waals surface area contributed by atoms with E-state index in [9.17, 15) is 9.18 Å². The van der Waals surface area contributed by atoms with Crippen LogP contribution in [0.25, 0.3) is 0 Å². The van der Waals surface area contributed by atoms with Crippen molar-refractivity contribution in [2.45, 2.75) is 6.42 Å². The van der Waals surface area contributed by atoms with Gasteiger partial charge in [0.1, 0.15) is 5.82 Å². The molecule has 0 saturated carbocycles. The molecule has 0 fully saturated rings. The second-order valence-electron chi connectivity index (χ2n) is 5.20.